The molecular weight excluding hydrogens is 417 g/mol. The Hall–Kier alpha value is -1.25. The second-order valence-electron chi connectivity index (χ2n) is 5.55. The van der Waals surface area contributed by atoms with Gasteiger partial charge in [0.2, 0.25) is 5.28 Å². The molecule has 3 aromatic rings. The average molecular weight is 433 g/mol. The number of halogens is 3. The molecule has 1 atom stereocenters. The second kappa shape index (κ2) is 7.33. The summed E-state index contributed by atoms with van der Waals surface area (Å²) in [6, 6.07) is 1.95. The summed E-state index contributed by atoms with van der Waals surface area (Å²) >= 11 is 11.0. The lowest BCUT2D eigenvalue weighted by atomic mass is 10.1. The van der Waals surface area contributed by atoms with Gasteiger partial charge < -0.3 is 5.32 Å². The van der Waals surface area contributed by atoms with Gasteiger partial charge in [0.25, 0.3) is 0 Å². The molecule has 1 unspecified atom stereocenters. The fourth-order valence-corrected chi connectivity index (χ4v) is 4.02. The van der Waals surface area contributed by atoms with E-state index in [1.807, 2.05) is 18.4 Å². The highest BCUT2D eigenvalue weighted by Crippen LogP contribution is 2.32. The van der Waals surface area contributed by atoms with Crippen molar-refractivity contribution in [3.8, 4) is 0 Å². The first-order chi connectivity index (χ1) is 11.5. The number of aromatic nitrogens is 4. The summed E-state index contributed by atoms with van der Waals surface area (Å²) in [5.41, 5.74) is 3.80. The van der Waals surface area contributed by atoms with E-state index in [0.717, 1.165) is 26.9 Å². The number of rotatable bonds is 6. The zero-order chi connectivity index (χ0) is 17.3. The zero-order valence-corrected chi connectivity index (χ0v) is 16.3. The van der Waals surface area contributed by atoms with Gasteiger partial charge in [-0.1, -0.05) is 0 Å². The van der Waals surface area contributed by atoms with Crippen LogP contribution in [0.2, 0.25) is 5.28 Å². The minimum atomic E-state index is -0.851. The number of nitrogens with zero attached hydrogens (tertiary/aromatic N) is 4. The maximum absolute atomic E-state index is 13.2. The van der Waals surface area contributed by atoms with Crippen LogP contribution >= 0.6 is 39.1 Å². The fraction of sp³-hybridized carbons (Fsp3) is 0.400. The van der Waals surface area contributed by atoms with Gasteiger partial charge in [-0.3, -0.25) is 0 Å². The summed E-state index contributed by atoms with van der Waals surface area (Å²) in [5.74, 6) is 0.640. The third kappa shape index (κ3) is 3.55. The van der Waals surface area contributed by atoms with Crippen LogP contribution in [0.15, 0.2) is 16.0 Å². The van der Waals surface area contributed by atoms with Crippen molar-refractivity contribution in [3.05, 3.63) is 38.2 Å². The van der Waals surface area contributed by atoms with Gasteiger partial charge >= 0.3 is 0 Å². The van der Waals surface area contributed by atoms with Gasteiger partial charge in [-0.05, 0) is 82.9 Å². The minimum absolute atomic E-state index is 0.143. The smallest absolute Gasteiger partial charge is 0.243 e. The maximum atomic E-state index is 13.2. The van der Waals surface area contributed by atoms with E-state index in [-0.39, 0.29) is 5.28 Å². The number of anilines is 1. The van der Waals surface area contributed by atoms with Crippen LogP contribution in [-0.4, -0.2) is 25.1 Å². The van der Waals surface area contributed by atoms with Gasteiger partial charge in [0.15, 0.2) is 5.82 Å². The van der Waals surface area contributed by atoms with Crippen molar-refractivity contribution in [2.75, 3.05) is 5.32 Å². The van der Waals surface area contributed by atoms with Crippen LogP contribution in [0, 0.1) is 6.92 Å². The Morgan fingerprint density at radius 3 is 2.96 bits per heavy atom. The summed E-state index contributed by atoms with van der Waals surface area (Å²) in [5, 5.41) is 9.60. The highest BCUT2D eigenvalue weighted by atomic mass is 79.9. The minimum Gasteiger partial charge on any atom is -0.362 e. The molecule has 128 valence electrons. The van der Waals surface area contributed by atoms with Gasteiger partial charge in [-0.15, -0.1) is 5.10 Å². The summed E-state index contributed by atoms with van der Waals surface area (Å²) in [6.45, 7) is 4.10. The Balaban J connectivity index is 2.00. The standard InChI is InChI=1S/C15H16BrClFN5S/c1-8(18)3-4-11-9(2)12-14(19-7-10-5-6-24-22-10)20-15(17)21-23(12)13(11)16/h5-6,8H,3-4,7H2,1-2H3,(H,19,20,21). The maximum Gasteiger partial charge on any atom is 0.243 e. The van der Waals surface area contributed by atoms with Crippen LogP contribution in [0.4, 0.5) is 10.2 Å². The highest BCUT2D eigenvalue weighted by Gasteiger charge is 2.19. The lowest BCUT2D eigenvalue weighted by Crippen LogP contribution is -2.06. The Bertz CT molecular complexity index is 850. The number of nitrogens with one attached hydrogen (secondary N) is 1. The third-order valence-electron chi connectivity index (χ3n) is 3.79. The van der Waals surface area contributed by atoms with Gasteiger partial charge in [-0.25, -0.2) is 8.91 Å². The van der Waals surface area contributed by atoms with Crippen LogP contribution in [0.5, 0.6) is 0 Å². The molecule has 3 aromatic heterocycles. The highest BCUT2D eigenvalue weighted by molar-refractivity contribution is 9.10. The summed E-state index contributed by atoms with van der Waals surface area (Å²) in [7, 11) is 0. The van der Waals surface area contributed by atoms with E-state index in [1.54, 1.807) is 11.4 Å². The summed E-state index contributed by atoms with van der Waals surface area (Å²) < 4.78 is 20.0. The topological polar surface area (TPSA) is 55.1 Å². The molecule has 0 saturated carbocycles. The predicted molar refractivity (Wildman–Crippen MR) is 98.8 cm³/mol. The van der Waals surface area contributed by atoms with Crippen molar-refractivity contribution in [2.45, 2.75) is 39.4 Å². The van der Waals surface area contributed by atoms with Crippen molar-refractivity contribution in [2.24, 2.45) is 0 Å². The molecule has 9 heteroatoms. The van der Waals surface area contributed by atoms with Crippen molar-refractivity contribution in [1.29, 1.82) is 0 Å². The number of aryl methyl sites for hydroxylation is 1. The van der Waals surface area contributed by atoms with Crippen LogP contribution in [0.1, 0.15) is 30.2 Å². The normalized spacial score (nSPS) is 12.7. The van der Waals surface area contributed by atoms with Gasteiger partial charge in [0, 0.05) is 5.38 Å². The predicted octanol–water partition coefficient (Wildman–Crippen LogP) is 4.81. The first-order valence-corrected chi connectivity index (χ1v) is 9.48. The molecule has 3 rings (SSSR count). The van der Waals surface area contributed by atoms with Crippen molar-refractivity contribution in [1.82, 2.24) is 19.0 Å². The molecule has 0 radical (unpaired) electrons. The molecular formula is C15H16BrClFN5S. The number of alkyl halides is 1. The molecule has 0 fully saturated rings. The average Bonchev–Trinajstić information content (AvgIpc) is 3.12. The molecule has 0 aliphatic heterocycles. The molecule has 0 amide bonds. The Morgan fingerprint density at radius 1 is 1.50 bits per heavy atom. The lowest BCUT2D eigenvalue weighted by molar-refractivity contribution is 0.341. The van der Waals surface area contributed by atoms with E-state index < -0.39 is 6.17 Å². The molecule has 0 saturated heterocycles. The first kappa shape index (κ1) is 17.6. The van der Waals surface area contributed by atoms with Gasteiger partial charge in [-0.2, -0.15) is 9.36 Å². The molecule has 0 aliphatic carbocycles. The Morgan fingerprint density at radius 2 is 2.29 bits per heavy atom. The first-order valence-electron chi connectivity index (χ1n) is 7.47. The van der Waals surface area contributed by atoms with Crippen LogP contribution in [0.3, 0.4) is 0 Å². The molecule has 24 heavy (non-hydrogen) atoms. The molecule has 3 heterocycles. The van der Waals surface area contributed by atoms with E-state index in [1.165, 1.54) is 11.5 Å². The van der Waals surface area contributed by atoms with Gasteiger partial charge in [0.05, 0.1) is 18.4 Å². The molecule has 0 aliphatic rings. The van der Waals surface area contributed by atoms with E-state index in [2.05, 4.69) is 35.7 Å². The number of hydrogen-bond donors (Lipinski definition) is 1. The fourth-order valence-electron chi connectivity index (χ4n) is 2.56. The summed E-state index contributed by atoms with van der Waals surface area (Å²) in [6.07, 6.45) is 0.228. The van der Waals surface area contributed by atoms with E-state index in [4.69, 9.17) is 11.6 Å². The number of hydrogen-bond acceptors (Lipinski definition) is 5. The SMILES string of the molecule is Cc1c(CCC(C)F)c(Br)n2nc(Cl)nc(NCc3ccsn3)c12. The Kier molecular flexibility index (Phi) is 5.36. The van der Waals surface area contributed by atoms with E-state index in [9.17, 15) is 4.39 Å². The molecule has 5 nitrogen and oxygen atoms in total. The quantitative estimate of drug-likeness (QED) is 0.607. The molecule has 0 bridgehead atoms. The molecule has 1 N–H and O–H groups in total. The van der Waals surface area contributed by atoms with Crippen LogP contribution < -0.4 is 5.32 Å². The zero-order valence-electron chi connectivity index (χ0n) is 13.2. The van der Waals surface area contributed by atoms with Crippen molar-refractivity contribution in [3.63, 3.8) is 0 Å². The van der Waals surface area contributed by atoms with E-state index in [0.29, 0.717) is 25.2 Å². The lowest BCUT2D eigenvalue weighted by Gasteiger charge is -2.07. The van der Waals surface area contributed by atoms with Crippen LogP contribution in [0.25, 0.3) is 5.52 Å². The van der Waals surface area contributed by atoms with Gasteiger partial charge in [0.1, 0.15) is 10.1 Å². The monoisotopic (exact) mass is 431 g/mol. The molecule has 0 spiro atoms. The van der Waals surface area contributed by atoms with Crippen molar-refractivity contribution < 1.29 is 4.39 Å². The summed E-state index contributed by atoms with van der Waals surface area (Å²) in [4.78, 5) is 4.31. The molecule has 0 aromatic carbocycles. The second-order valence-corrected chi connectivity index (χ2v) is 7.30. The third-order valence-corrected chi connectivity index (χ3v) is 5.36. The van der Waals surface area contributed by atoms with Crippen molar-refractivity contribution >= 4 is 50.4 Å². The van der Waals surface area contributed by atoms with Crippen LogP contribution in [-0.2, 0) is 13.0 Å². The Labute approximate surface area is 156 Å². The largest absolute Gasteiger partial charge is 0.362 e. The number of fused-ring (bicyclic) bond motifs is 1. The van der Waals surface area contributed by atoms with E-state index >= 15 is 0 Å².